The van der Waals surface area contributed by atoms with Crippen molar-refractivity contribution in [3.8, 4) is 0 Å². The Morgan fingerprint density at radius 1 is 1.25 bits per heavy atom. The molecule has 2 aromatic rings. The van der Waals surface area contributed by atoms with Gasteiger partial charge in [-0.15, -0.1) is 4.98 Å². The zero-order valence-corrected chi connectivity index (χ0v) is 13.3. The molecule has 24 heavy (non-hydrogen) atoms. The summed E-state index contributed by atoms with van der Waals surface area (Å²) in [6.45, 7) is 9.90. The molecular weight excluding hydrogens is 304 g/mol. The highest BCUT2D eigenvalue weighted by molar-refractivity contribution is 5.70. The van der Waals surface area contributed by atoms with Crippen LogP contribution in [0.3, 0.4) is 0 Å². The molecule has 1 aliphatic rings. The highest BCUT2D eigenvalue weighted by atomic mass is 15.1. The Morgan fingerprint density at radius 2 is 2.12 bits per heavy atom. The molecule has 0 bridgehead atoms. The van der Waals surface area contributed by atoms with Crippen LogP contribution in [0.5, 0.6) is 0 Å². The van der Waals surface area contributed by atoms with Gasteiger partial charge in [-0.2, -0.15) is 0 Å². The second-order valence-electron chi connectivity index (χ2n) is 5.75. The lowest BCUT2D eigenvalue weighted by Crippen LogP contribution is -2.33. The Labute approximate surface area is 140 Å². The van der Waals surface area contributed by atoms with Crippen LogP contribution in [0.2, 0.25) is 0 Å². The molecule has 2 aromatic heterocycles. The lowest BCUT2D eigenvalue weighted by molar-refractivity contribution is 0.393. The van der Waals surface area contributed by atoms with Crippen LogP contribution >= 0.6 is 0 Å². The fourth-order valence-corrected chi connectivity index (χ4v) is 2.61. The van der Waals surface area contributed by atoms with Crippen molar-refractivity contribution < 1.29 is 0 Å². The molecule has 0 aromatic carbocycles. The molecule has 0 amide bonds. The van der Waals surface area contributed by atoms with Crippen LogP contribution in [-0.2, 0) is 0 Å². The predicted molar refractivity (Wildman–Crippen MR) is 94.3 cm³/mol. The third-order valence-electron chi connectivity index (χ3n) is 3.92. The largest absolute Gasteiger partial charge is 0.396 e. The molecule has 1 aliphatic heterocycles. The molecule has 8 heteroatoms. The number of anilines is 4. The minimum Gasteiger partial charge on any atom is -0.396 e. The molecule has 3 heterocycles. The van der Waals surface area contributed by atoms with Crippen LogP contribution in [0.15, 0.2) is 24.7 Å². The Hall–Kier alpha value is -2.92. The van der Waals surface area contributed by atoms with E-state index in [1.54, 1.807) is 6.20 Å². The van der Waals surface area contributed by atoms with Gasteiger partial charge in [-0.3, -0.25) is 0 Å². The fourth-order valence-electron chi connectivity index (χ4n) is 2.61. The quantitative estimate of drug-likeness (QED) is 0.625. The van der Waals surface area contributed by atoms with E-state index in [0.29, 0.717) is 23.2 Å². The van der Waals surface area contributed by atoms with Gasteiger partial charge in [-0.05, 0) is 31.8 Å². The number of aromatic nitrogens is 3. The van der Waals surface area contributed by atoms with Crippen molar-refractivity contribution in [2.24, 2.45) is 5.92 Å². The maximum atomic E-state index is 6.88. The number of hydrogen-bond donors (Lipinski definition) is 4. The lowest BCUT2D eigenvalue weighted by atomic mass is 10.00. The van der Waals surface area contributed by atoms with Crippen molar-refractivity contribution in [1.29, 1.82) is 0 Å². The maximum Gasteiger partial charge on any atom is 0.288 e. The van der Waals surface area contributed by atoms with E-state index in [1.165, 1.54) is 25.2 Å². The van der Waals surface area contributed by atoms with E-state index < -0.39 is 0 Å². The Kier molecular flexibility index (Phi) is 5.03. The first kappa shape index (κ1) is 16.0. The van der Waals surface area contributed by atoms with Gasteiger partial charge in [0.1, 0.15) is 5.82 Å². The van der Waals surface area contributed by atoms with Crippen molar-refractivity contribution in [2.45, 2.75) is 12.8 Å². The normalized spacial score (nSPS) is 17.0. The Bertz CT molecular complexity index is 716. The molecule has 0 radical (unpaired) electrons. The van der Waals surface area contributed by atoms with Gasteiger partial charge >= 0.3 is 0 Å². The summed E-state index contributed by atoms with van der Waals surface area (Å²) in [4.78, 5) is 15.6. The van der Waals surface area contributed by atoms with E-state index in [4.69, 9.17) is 12.3 Å². The summed E-state index contributed by atoms with van der Waals surface area (Å²) in [6.07, 6.45) is 6.97. The van der Waals surface area contributed by atoms with Crippen LogP contribution in [0.25, 0.3) is 4.85 Å². The van der Waals surface area contributed by atoms with E-state index in [9.17, 15) is 0 Å². The first-order chi connectivity index (χ1) is 11.7. The molecule has 0 aliphatic carbocycles. The van der Waals surface area contributed by atoms with E-state index in [0.717, 1.165) is 25.3 Å². The summed E-state index contributed by atoms with van der Waals surface area (Å²) in [7, 11) is 0. The van der Waals surface area contributed by atoms with Crippen molar-refractivity contribution in [1.82, 2.24) is 20.3 Å². The van der Waals surface area contributed by atoms with Gasteiger partial charge < -0.3 is 26.5 Å². The minimum absolute atomic E-state index is 0.259. The number of nitrogen functional groups attached to an aromatic ring is 1. The summed E-state index contributed by atoms with van der Waals surface area (Å²) in [6, 6.07) is 1.86. The second kappa shape index (κ2) is 7.57. The molecular formula is C16H20N8. The topological polar surface area (TPSA) is 105 Å². The molecule has 124 valence electrons. The van der Waals surface area contributed by atoms with Crippen LogP contribution in [0.4, 0.5) is 28.8 Å². The molecule has 0 unspecified atom stereocenters. The first-order valence-electron chi connectivity index (χ1n) is 7.91. The molecule has 5 N–H and O–H groups in total. The van der Waals surface area contributed by atoms with Crippen LogP contribution in [-0.4, -0.2) is 34.6 Å². The monoisotopic (exact) mass is 324 g/mol. The number of nitrogens with one attached hydrogen (secondary N) is 3. The second-order valence-corrected chi connectivity index (χ2v) is 5.75. The van der Waals surface area contributed by atoms with Gasteiger partial charge in [0.25, 0.3) is 5.82 Å². The maximum absolute atomic E-state index is 6.88. The molecule has 1 saturated heterocycles. The minimum atomic E-state index is 0.259. The van der Waals surface area contributed by atoms with Gasteiger partial charge in [0.15, 0.2) is 12.0 Å². The summed E-state index contributed by atoms with van der Waals surface area (Å²) in [5.74, 6) is 2.02. The van der Waals surface area contributed by atoms with Crippen molar-refractivity contribution in [3.63, 3.8) is 0 Å². The SMILES string of the molecule is [C-]#[N+]c1cnc(Nc2cc(NC[C@H]3CCCNC3)c(N)cn2)cn1. The van der Waals surface area contributed by atoms with Crippen molar-refractivity contribution in [2.75, 3.05) is 36.0 Å². The molecule has 3 rings (SSSR count). The first-order valence-corrected chi connectivity index (χ1v) is 7.91. The van der Waals surface area contributed by atoms with Gasteiger partial charge in [0.2, 0.25) is 0 Å². The molecule has 8 nitrogen and oxygen atoms in total. The zero-order valence-electron chi connectivity index (χ0n) is 13.3. The average molecular weight is 324 g/mol. The standard InChI is InChI=1S/C16H20N8/c1-18-15-9-23-16(10-22-15)24-14-5-13(12(17)8-21-14)20-7-11-3-2-4-19-6-11/h5,8-11,19H,2-4,6-7,17H2,(H2,20,21,23,24)/t11-/m0/s1. The molecule has 1 fully saturated rings. The highest BCUT2D eigenvalue weighted by Crippen LogP contribution is 2.23. The van der Waals surface area contributed by atoms with E-state index in [-0.39, 0.29) is 5.82 Å². The highest BCUT2D eigenvalue weighted by Gasteiger charge is 2.13. The van der Waals surface area contributed by atoms with E-state index in [2.05, 4.69) is 35.7 Å². The number of rotatable bonds is 5. The predicted octanol–water partition coefficient (Wildman–Crippen LogP) is 2.16. The van der Waals surface area contributed by atoms with Gasteiger partial charge in [0, 0.05) is 12.6 Å². The van der Waals surface area contributed by atoms with Crippen LogP contribution in [0, 0.1) is 12.5 Å². The summed E-state index contributed by atoms with van der Waals surface area (Å²) in [5, 5.41) is 9.88. The Balaban J connectivity index is 1.65. The fraction of sp³-hybridized carbons (Fsp3) is 0.375. The molecule has 0 saturated carbocycles. The van der Waals surface area contributed by atoms with Crippen molar-refractivity contribution in [3.05, 3.63) is 36.1 Å². The smallest absolute Gasteiger partial charge is 0.288 e. The summed E-state index contributed by atoms with van der Waals surface area (Å²) >= 11 is 0. The number of nitrogens with two attached hydrogens (primary N) is 1. The average Bonchev–Trinajstić information content (AvgIpc) is 2.63. The third-order valence-corrected chi connectivity index (χ3v) is 3.92. The number of nitrogens with zero attached hydrogens (tertiary/aromatic N) is 4. The van der Waals surface area contributed by atoms with E-state index in [1.807, 2.05) is 6.07 Å². The Morgan fingerprint density at radius 3 is 2.83 bits per heavy atom. The van der Waals surface area contributed by atoms with Crippen LogP contribution < -0.4 is 21.7 Å². The zero-order chi connectivity index (χ0) is 16.8. The summed E-state index contributed by atoms with van der Waals surface area (Å²) in [5.41, 5.74) is 7.47. The molecule has 1 atom stereocenters. The van der Waals surface area contributed by atoms with Gasteiger partial charge in [0.05, 0.1) is 23.8 Å². The number of hydrogen-bond acceptors (Lipinski definition) is 7. The summed E-state index contributed by atoms with van der Waals surface area (Å²) < 4.78 is 0. The van der Waals surface area contributed by atoms with Crippen LogP contribution in [0.1, 0.15) is 12.8 Å². The number of piperidine rings is 1. The van der Waals surface area contributed by atoms with Gasteiger partial charge in [-0.25, -0.2) is 9.97 Å². The van der Waals surface area contributed by atoms with Crippen molar-refractivity contribution >= 4 is 28.8 Å². The van der Waals surface area contributed by atoms with Gasteiger partial charge in [-0.1, -0.05) is 6.57 Å². The van der Waals surface area contributed by atoms with E-state index >= 15 is 0 Å². The third kappa shape index (κ3) is 4.08. The molecule has 0 spiro atoms. The lowest BCUT2D eigenvalue weighted by Gasteiger charge is -2.23. The number of pyridine rings is 1.